The van der Waals surface area contributed by atoms with E-state index in [2.05, 4.69) is 15.5 Å². The van der Waals surface area contributed by atoms with Crippen LogP contribution in [0.4, 0.5) is 6.01 Å². The molecule has 2 N–H and O–H groups in total. The Hall–Kier alpha value is -1.10. The molecule has 0 radical (unpaired) electrons. The monoisotopic (exact) mass is 185 g/mol. The molecule has 0 bridgehead atoms. The van der Waals surface area contributed by atoms with Gasteiger partial charge in [0.05, 0.1) is 6.10 Å². The van der Waals surface area contributed by atoms with Gasteiger partial charge in [0, 0.05) is 13.0 Å². The normalized spacial score (nSPS) is 15.4. The number of hydrogen-bond acceptors (Lipinski definition) is 5. The summed E-state index contributed by atoms with van der Waals surface area (Å²) in [6, 6.07) is 0.533. The minimum atomic E-state index is -0.327. The van der Waals surface area contributed by atoms with Gasteiger partial charge in [0.25, 0.3) is 0 Å². The van der Waals surface area contributed by atoms with Gasteiger partial charge in [0.2, 0.25) is 5.89 Å². The molecule has 2 unspecified atom stereocenters. The topological polar surface area (TPSA) is 71.2 Å². The van der Waals surface area contributed by atoms with Gasteiger partial charge < -0.3 is 14.8 Å². The number of anilines is 1. The molecule has 2 atom stereocenters. The summed E-state index contributed by atoms with van der Waals surface area (Å²) in [4.78, 5) is 0. The van der Waals surface area contributed by atoms with Crippen LogP contribution in [0.2, 0.25) is 0 Å². The van der Waals surface area contributed by atoms with E-state index in [1.54, 1.807) is 13.8 Å². The number of nitrogens with one attached hydrogen (secondary N) is 1. The second-order valence-electron chi connectivity index (χ2n) is 3.26. The third-order valence-corrected chi connectivity index (χ3v) is 1.59. The van der Waals surface area contributed by atoms with E-state index >= 15 is 0 Å². The summed E-state index contributed by atoms with van der Waals surface area (Å²) >= 11 is 0. The molecule has 0 aliphatic heterocycles. The molecule has 0 spiro atoms. The van der Waals surface area contributed by atoms with Crippen molar-refractivity contribution >= 4 is 6.01 Å². The molecular formula is C8H15N3O2. The smallest absolute Gasteiger partial charge is 0.315 e. The van der Waals surface area contributed by atoms with Crippen molar-refractivity contribution in [2.75, 3.05) is 5.32 Å². The molecule has 1 aromatic heterocycles. The predicted molar refractivity (Wildman–Crippen MR) is 48.4 cm³/mol. The molecule has 74 valence electrons. The highest BCUT2D eigenvalue weighted by Crippen LogP contribution is 2.08. The maximum atomic E-state index is 9.10. The van der Waals surface area contributed by atoms with Crippen molar-refractivity contribution in [3.63, 3.8) is 0 Å². The molecule has 0 fully saturated rings. The van der Waals surface area contributed by atoms with E-state index < -0.39 is 0 Å². The van der Waals surface area contributed by atoms with Crippen molar-refractivity contribution in [3.8, 4) is 0 Å². The van der Waals surface area contributed by atoms with Gasteiger partial charge in [-0.1, -0.05) is 5.10 Å². The zero-order valence-electron chi connectivity index (χ0n) is 8.11. The lowest BCUT2D eigenvalue weighted by atomic mass is 10.2. The van der Waals surface area contributed by atoms with Crippen molar-refractivity contribution in [1.82, 2.24) is 10.2 Å². The Morgan fingerprint density at radius 3 is 2.62 bits per heavy atom. The van der Waals surface area contributed by atoms with E-state index in [1.165, 1.54) is 0 Å². The van der Waals surface area contributed by atoms with Crippen molar-refractivity contribution in [3.05, 3.63) is 5.89 Å². The summed E-state index contributed by atoms with van der Waals surface area (Å²) in [6.07, 6.45) is 0.327. The van der Waals surface area contributed by atoms with Gasteiger partial charge >= 0.3 is 6.01 Å². The third kappa shape index (κ3) is 3.42. The Morgan fingerprint density at radius 1 is 1.46 bits per heavy atom. The highest BCUT2D eigenvalue weighted by atomic mass is 16.4. The number of aromatic nitrogens is 2. The lowest BCUT2D eigenvalue weighted by Gasteiger charge is -2.12. The van der Waals surface area contributed by atoms with E-state index in [0.717, 1.165) is 0 Å². The van der Waals surface area contributed by atoms with Crippen LogP contribution in [0.3, 0.4) is 0 Å². The Morgan fingerprint density at radius 2 is 2.15 bits per heavy atom. The molecule has 1 rings (SSSR count). The summed E-state index contributed by atoms with van der Waals surface area (Å²) in [7, 11) is 0. The summed E-state index contributed by atoms with van der Waals surface area (Å²) in [5.41, 5.74) is 0. The first-order chi connectivity index (χ1) is 6.08. The van der Waals surface area contributed by atoms with Crippen LogP contribution in [0.25, 0.3) is 0 Å². The molecule has 1 heterocycles. The van der Waals surface area contributed by atoms with Crippen LogP contribution >= 0.6 is 0 Å². The minimum absolute atomic E-state index is 0.125. The van der Waals surface area contributed by atoms with Crippen LogP contribution in [0.5, 0.6) is 0 Å². The van der Waals surface area contributed by atoms with Gasteiger partial charge in [0.15, 0.2) is 0 Å². The van der Waals surface area contributed by atoms with Gasteiger partial charge in [-0.2, -0.15) is 0 Å². The third-order valence-electron chi connectivity index (χ3n) is 1.59. The SMILES string of the molecule is Cc1nnc(NC(C)CC(C)O)o1. The maximum absolute atomic E-state index is 9.10. The highest BCUT2D eigenvalue weighted by Gasteiger charge is 2.09. The maximum Gasteiger partial charge on any atom is 0.315 e. The zero-order chi connectivity index (χ0) is 9.84. The fourth-order valence-corrected chi connectivity index (χ4v) is 1.14. The summed E-state index contributed by atoms with van der Waals surface area (Å²) in [5.74, 6) is 0.534. The number of nitrogens with zero attached hydrogens (tertiary/aromatic N) is 2. The molecule has 0 amide bonds. The number of aryl methyl sites for hydroxylation is 1. The minimum Gasteiger partial charge on any atom is -0.408 e. The van der Waals surface area contributed by atoms with E-state index in [4.69, 9.17) is 9.52 Å². The highest BCUT2D eigenvalue weighted by molar-refractivity contribution is 5.18. The average molecular weight is 185 g/mol. The summed E-state index contributed by atoms with van der Waals surface area (Å²) in [5, 5.41) is 19.6. The van der Waals surface area contributed by atoms with Crippen LogP contribution in [-0.2, 0) is 0 Å². The fraction of sp³-hybridized carbons (Fsp3) is 0.750. The zero-order valence-corrected chi connectivity index (χ0v) is 8.11. The molecule has 1 aromatic rings. The van der Waals surface area contributed by atoms with Crippen molar-refractivity contribution in [2.45, 2.75) is 39.3 Å². The lowest BCUT2D eigenvalue weighted by molar-refractivity contribution is 0.179. The second kappa shape index (κ2) is 4.23. The quantitative estimate of drug-likeness (QED) is 0.730. The first-order valence-electron chi connectivity index (χ1n) is 4.32. The molecule has 0 aliphatic rings. The predicted octanol–water partition coefficient (Wildman–Crippen LogP) is 0.949. The van der Waals surface area contributed by atoms with Crippen molar-refractivity contribution in [1.29, 1.82) is 0 Å². The first kappa shape index (κ1) is 9.98. The molecule has 5 heteroatoms. The van der Waals surface area contributed by atoms with Crippen LogP contribution in [0, 0.1) is 6.92 Å². The average Bonchev–Trinajstić information content (AvgIpc) is 2.33. The molecule has 13 heavy (non-hydrogen) atoms. The van der Waals surface area contributed by atoms with Crippen LogP contribution in [-0.4, -0.2) is 27.4 Å². The molecule has 5 nitrogen and oxygen atoms in total. The van der Waals surface area contributed by atoms with E-state index in [9.17, 15) is 0 Å². The standard InChI is InChI=1S/C8H15N3O2/c1-5(4-6(2)12)9-8-11-10-7(3)13-8/h5-6,12H,4H2,1-3H3,(H,9,11). The van der Waals surface area contributed by atoms with Crippen LogP contribution in [0.1, 0.15) is 26.2 Å². The van der Waals surface area contributed by atoms with E-state index in [1.807, 2.05) is 6.92 Å². The Balaban J connectivity index is 2.40. The van der Waals surface area contributed by atoms with Gasteiger partial charge in [0.1, 0.15) is 0 Å². The Labute approximate surface area is 77.2 Å². The number of rotatable bonds is 4. The van der Waals surface area contributed by atoms with Crippen molar-refractivity contribution in [2.24, 2.45) is 0 Å². The van der Waals surface area contributed by atoms with Crippen LogP contribution in [0.15, 0.2) is 4.42 Å². The van der Waals surface area contributed by atoms with E-state index in [0.29, 0.717) is 18.3 Å². The second-order valence-corrected chi connectivity index (χ2v) is 3.26. The lowest BCUT2D eigenvalue weighted by Crippen LogP contribution is -2.20. The molecule has 0 aliphatic carbocycles. The molecule has 0 aromatic carbocycles. The van der Waals surface area contributed by atoms with Crippen molar-refractivity contribution < 1.29 is 9.52 Å². The van der Waals surface area contributed by atoms with Gasteiger partial charge in [-0.15, -0.1) is 5.10 Å². The largest absolute Gasteiger partial charge is 0.408 e. The van der Waals surface area contributed by atoms with Gasteiger partial charge in [-0.25, -0.2) is 0 Å². The van der Waals surface area contributed by atoms with Gasteiger partial charge in [-0.3, -0.25) is 0 Å². The summed E-state index contributed by atoms with van der Waals surface area (Å²) < 4.78 is 5.12. The van der Waals surface area contributed by atoms with Crippen LogP contribution < -0.4 is 5.32 Å². The number of aliphatic hydroxyl groups excluding tert-OH is 1. The summed E-state index contributed by atoms with van der Waals surface area (Å²) in [6.45, 7) is 5.43. The number of hydrogen-bond donors (Lipinski definition) is 2. The Kier molecular flexibility index (Phi) is 3.25. The Bertz CT molecular complexity index is 260. The van der Waals surface area contributed by atoms with E-state index in [-0.39, 0.29) is 12.1 Å². The van der Waals surface area contributed by atoms with Gasteiger partial charge in [-0.05, 0) is 20.3 Å². The number of aliphatic hydroxyl groups is 1. The fourth-order valence-electron chi connectivity index (χ4n) is 1.14. The first-order valence-corrected chi connectivity index (χ1v) is 4.32. The molecule has 0 saturated heterocycles. The molecule has 0 saturated carbocycles. The molecular weight excluding hydrogens is 170 g/mol.